The molecule has 0 radical (unpaired) electrons. The number of hydrogen-bond acceptors (Lipinski definition) is 2. The SMILES string of the molecule is Cl.NC1CCC(C(=O)NC2(c3ccccc3)CCC2)C1. The van der Waals surface area contributed by atoms with Crippen LogP contribution >= 0.6 is 12.4 Å². The van der Waals surface area contributed by atoms with Gasteiger partial charge in [-0.2, -0.15) is 0 Å². The first kappa shape index (κ1) is 15.3. The highest BCUT2D eigenvalue weighted by molar-refractivity contribution is 5.85. The summed E-state index contributed by atoms with van der Waals surface area (Å²) in [5.74, 6) is 0.327. The van der Waals surface area contributed by atoms with Gasteiger partial charge in [-0.05, 0) is 44.1 Å². The summed E-state index contributed by atoms with van der Waals surface area (Å²) >= 11 is 0. The van der Waals surface area contributed by atoms with E-state index >= 15 is 0 Å². The molecule has 0 aromatic heterocycles. The van der Waals surface area contributed by atoms with Gasteiger partial charge in [-0.15, -0.1) is 12.4 Å². The van der Waals surface area contributed by atoms with E-state index in [9.17, 15) is 4.79 Å². The first-order chi connectivity index (χ1) is 9.20. The quantitative estimate of drug-likeness (QED) is 0.900. The summed E-state index contributed by atoms with van der Waals surface area (Å²) in [4.78, 5) is 12.4. The van der Waals surface area contributed by atoms with Crippen LogP contribution in [0.2, 0.25) is 0 Å². The predicted octanol–water partition coefficient (Wildman–Crippen LogP) is 2.73. The maximum Gasteiger partial charge on any atom is 0.223 e. The average Bonchev–Trinajstić information content (AvgIpc) is 2.81. The van der Waals surface area contributed by atoms with Crippen molar-refractivity contribution in [1.82, 2.24) is 5.32 Å². The Balaban J connectivity index is 0.00000147. The Morgan fingerprint density at radius 2 is 1.90 bits per heavy atom. The predicted molar refractivity (Wildman–Crippen MR) is 82.7 cm³/mol. The maximum atomic E-state index is 12.4. The molecule has 0 aliphatic heterocycles. The third-order valence-electron chi connectivity index (χ3n) is 4.74. The van der Waals surface area contributed by atoms with Crippen LogP contribution in [0.5, 0.6) is 0 Å². The number of nitrogens with one attached hydrogen (secondary N) is 1. The van der Waals surface area contributed by atoms with E-state index in [1.807, 2.05) is 18.2 Å². The number of benzene rings is 1. The Kier molecular flexibility index (Phi) is 4.71. The molecule has 2 aliphatic rings. The third kappa shape index (κ3) is 2.84. The largest absolute Gasteiger partial charge is 0.346 e. The van der Waals surface area contributed by atoms with Gasteiger partial charge < -0.3 is 11.1 Å². The topological polar surface area (TPSA) is 55.1 Å². The van der Waals surface area contributed by atoms with Crippen LogP contribution in [0.3, 0.4) is 0 Å². The Bertz CT molecular complexity index is 459. The summed E-state index contributed by atoms with van der Waals surface area (Å²) in [6.45, 7) is 0. The van der Waals surface area contributed by atoms with E-state index in [0.717, 1.165) is 32.1 Å². The van der Waals surface area contributed by atoms with E-state index in [4.69, 9.17) is 5.73 Å². The second kappa shape index (κ2) is 6.15. The van der Waals surface area contributed by atoms with Crippen molar-refractivity contribution < 1.29 is 4.79 Å². The second-order valence-electron chi connectivity index (χ2n) is 6.06. The van der Waals surface area contributed by atoms with Crippen LogP contribution in [-0.4, -0.2) is 11.9 Å². The molecular formula is C16H23ClN2O. The fourth-order valence-corrected chi connectivity index (χ4v) is 3.37. The molecule has 1 aromatic carbocycles. The second-order valence-corrected chi connectivity index (χ2v) is 6.06. The summed E-state index contributed by atoms with van der Waals surface area (Å²) in [5.41, 5.74) is 7.05. The molecule has 0 heterocycles. The van der Waals surface area contributed by atoms with Crippen LogP contribution in [-0.2, 0) is 10.3 Å². The molecule has 3 nitrogen and oxygen atoms in total. The molecule has 2 unspecified atom stereocenters. The molecule has 4 heteroatoms. The number of halogens is 1. The lowest BCUT2D eigenvalue weighted by Crippen LogP contribution is -2.52. The van der Waals surface area contributed by atoms with Gasteiger partial charge in [-0.1, -0.05) is 30.3 Å². The lowest BCUT2D eigenvalue weighted by atomic mass is 9.71. The number of rotatable bonds is 3. The fourth-order valence-electron chi connectivity index (χ4n) is 3.37. The molecule has 2 aliphatic carbocycles. The first-order valence-corrected chi connectivity index (χ1v) is 7.33. The van der Waals surface area contributed by atoms with E-state index < -0.39 is 0 Å². The lowest BCUT2D eigenvalue weighted by molar-refractivity contribution is -0.128. The monoisotopic (exact) mass is 294 g/mol. The zero-order valence-electron chi connectivity index (χ0n) is 11.7. The van der Waals surface area contributed by atoms with Gasteiger partial charge in [0.2, 0.25) is 5.91 Å². The molecule has 3 N–H and O–H groups in total. The van der Waals surface area contributed by atoms with Gasteiger partial charge in [0.1, 0.15) is 0 Å². The molecule has 1 amide bonds. The Morgan fingerprint density at radius 1 is 1.20 bits per heavy atom. The van der Waals surface area contributed by atoms with E-state index in [2.05, 4.69) is 17.4 Å². The molecule has 0 spiro atoms. The molecule has 2 saturated carbocycles. The zero-order chi connectivity index (χ0) is 13.3. The maximum absolute atomic E-state index is 12.4. The van der Waals surface area contributed by atoms with Gasteiger partial charge in [-0.25, -0.2) is 0 Å². The minimum absolute atomic E-state index is 0. The summed E-state index contributed by atoms with van der Waals surface area (Å²) in [6.07, 6.45) is 6.08. The molecule has 110 valence electrons. The van der Waals surface area contributed by atoms with Crippen molar-refractivity contribution in [2.45, 2.75) is 50.1 Å². The van der Waals surface area contributed by atoms with Crippen molar-refractivity contribution in [1.29, 1.82) is 0 Å². The van der Waals surface area contributed by atoms with Crippen molar-refractivity contribution >= 4 is 18.3 Å². The van der Waals surface area contributed by atoms with Crippen LogP contribution in [0.1, 0.15) is 44.1 Å². The lowest BCUT2D eigenvalue weighted by Gasteiger charge is -2.43. The van der Waals surface area contributed by atoms with Crippen LogP contribution < -0.4 is 11.1 Å². The Labute approximate surface area is 126 Å². The number of hydrogen-bond donors (Lipinski definition) is 2. The van der Waals surface area contributed by atoms with Crippen molar-refractivity contribution in [2.24, 2.45) is 11.7 Å². The van der Waals surface area contributed by atoms with Crippen molar-refractivity contribution in [3.63, 3.8) is 0 Å². The standard InChI is InChI=1S/C16H22N2O.ClH/c17-14-8-7-12(11-14)15(19)18-16(9-4-10-16)13-5-2-1-3-6-13;/h1-3,5-6,12,14H,4,7-11,17H2,(H,18,19);1H. The number of carbonyl (C=O) groups is 1. The van der Waals surface area contributed by atoms with Gasteiger partial charge >= 0.3 is 0 Å². The molecule has 1 aromatic rings. The van der Waals surface area contributed by atoms with E-state index in [1.54, 1.807) is 0 Å². The molecular weight excluding hydrogens is 272 g/mol. The number of carbonyl (C=O) groups excluding carboxylic acids is 1. The highest BCUT2D eigenvalue weighted by Crippen LogP contribution is 2.41. The molecule has 3 rings (SSSR count). The third-order valence-corrected chi connectivity index (χ3v) is 4.74. The van der Waals surface area contributed by atoms with Crippen LogP contribution in [0.15, 0.2) is 30.3 Å². The molecule has 0 saturated heterocycles. The highest BCUT2D eigenvalue weighted by Gasteiger charge is 2.41. The van der Waals surface area contributed by atoms with Crippen LogP contribution in [0.4, 0.5) is 0 Å². The van der Waals surface area contributed by atoms with Crippen molar-refractivity contribution in [3.8, 4) is 0 Å². The highest BCUT2D eigenvalue weighted by atomic mass is 35.5. The normalized spacial score (nSPS) is 27.2. The first-order valence-electron chi connectivity index (χ1n) is 7.33. The molecule has 2 atom stereocenters. The summed E-state index contributed by atoms with van der Waals surface area (Å²) in [6, 6.07) is 10.6. The van der Waals surface area contributed by atoms with Gasteiger partial charge in [0, 0.05) is 12.0 Å². The number of amides is 1. The Hall–Kier alpha value is -1.06. The van der Waals surface area contributed by atoms with E-state index in [1.165, 1.54) is 12.0 Å². The average molecular weight is 295 g/mol. The molecule has 20 heavy (non-hydrogen) atoms. The summed E-state index contributed by atoms with van der Waals surface area (Å²) in [5, 5.41) is 3.31. The molecule has 2 fully saturated rings. The summed E-state index contributed by atoms with van der Waals surface area (Å²) in [7, 11) is 0. The van der Waals surface area contributed by atoms with Gasteiger partial charge in [-0.3, -0.25) is 4.79 Å². The van der Waals surface area contributed by atoms with Gasteiger partial charge in [0.15, 0.2) is 0 Å². The van der Waals surface area contributed by atoms with Gasteiger partial charge in [0.05, 0.1) is 5.54 Å². The van der Waals surface area contributed by atoms with Gasteiger partial charge in [0.25, 0.3) is 0 Å². The minimum atomic E-state index is -0.106. The molecule has 0 bridgehead atoms. The zero-order valence-corrected chi connectivity index (χ0v) is 12.5. The van der Waals surface area contributed by atoms with Crippen molar-refractivity contribution in [3.05, 3.63) is 35.9 Å². The van der Waals surface area contributed by atoms with E-state index in [0.29, 0.717) is 0 Å². The minimum Gasteiger partial charge on any atom is -0.346 e. The van der Waals surface area contributed by atoms with E-state index in [-0.39, 0.29) is 35.8 Å². The smallest absolute Gasteiger partial charge is 0.223 e. The number of nitrogens with two attached hydrogens (primary N) is 1. The van der Waals surface area contributed by atoms with Crippen LogP contribution in [0.25, 0.3) is 0 Å². The fraction of sp³-hybridized carbons (Fsp3) is 0.562. The van der Waals surface area contributed by atoms with Crippen LogP contribution in [0, 0.1) is 5.92 Å². The Morgan fingerprint density at radius 3 is 2.40 bits per heavy atom. The summed E-state index contributed by atoms with van der Waals surface area (Å²) < 4.78 is 0. The van der Waals surface area contributed by atoms with Crippen molar-refractivity contribution in [2.75, 3.05) is 0 Å².